The molecule has 1 unspecified atom stereocenters. The van der Waals surface area contributed by atoms with Crippen LogP contribution in [0.1, 0.15) is 19.4 Å². The standard InChI is InChI=1S/C18H23ClN4S/c1-3-20-18(23-13-15-9-10-17(19)21-12-15)22-11-14(2)24-16-7-5-4-6-8-16/h4-10,12,14H,3,11,13H2,1-2H3,(H2,20,22,23). The summed E-state index contributed by atoms with van der Waals surface area (Å²) in [7, 11) is 0. The minimum atomic E-state index is 0.438. The summed E-state index contributed by atoms with van der Waals surface area (Å²) in [6.45, 7) is 6.50. The fraction of sp³-hybridized carbons (Fsp3) is 0.333. The fourth-order valence-corrected chi connectivity index (χ4v) is 3.08. The highest BCUT2D eigenvalue weighted by Gasteiger charge is 2.06. The number of nitrogens with one attached hydrogen (secondary N) is 2. The van der Waals surface area contributed by atoms with Crippen LogP contribution in [0, 0.1) is 0 Å². The third kappa shape index (κ3) is 6.81. The molecular weight excluding hydrogens is 340 g/mol. The van der Waals surface area contributed by atoms with Crippen molar-refractivity contribution in [3.05, 3.63) is 59.4 Å². The molecule has 0 bridgehead atoms. The Bertz CT molecular complexity index is 631. The lowest BCUT2D eigenvalue weighted by atomic mass is 10.3. The summed E-state index contributed by atoms with van der Waals surface area (Å²) in [6, 6.07) is 14.2. The number of hydrogen-bond acceptors (Lipinski definition) is 3. The van der Waals surface area contributed by atoms with Crippen molar-refractivity contribution in [2.75, 3.05) is 13.1 Å². The number of guanidine groups is 1. The lowest BCUT2D eigenvalue weighted by Crippen LogP contribution is -2.40. The van der Waals surface area contributed by atoms with Gasteiger partial charge in [0.05, 0.1) is 6.54 Å². The molecule has 0 aliphatic rings. The number of benzene rings is 1. The van der Waals surface area contributed by atoms with Crippen molar-refractivity contribution in [3.63, 3.8) is 0 Å². The molecule has 1 heterocycles. The molecule has 2 rings (SSSR count). The highest BCUT2D eigenvalue weighted by atomic mass is 35.5. The van der Waals surface area contributed by atoms with Crippen LogP contribution in [0.2, 0.25) is 5.15 Å². The van der Waals surface area contributed by atoms with Gasteiger partial charge in [-0.1, -0.05) is 42.8 Å². The normalized spacial score (nSPS) is 12.7. The molecule has 6 heteroatoms. The molecule has 0 aliphatic carbocycles. The zero-order valence-electron chi connectivity index (χ0n) is 14.0. The third-order valence-corrected chi connectivity index (χ3v) is 4.53. The number of hydrogen-bond donors (Lipinski definition) is 2. The van der Waals surface area contributed by atoms with Gasteiger partial charge < -0.3 is 10.6 Å². The zero-order valence-corrected chi connectivity index (χ0v) is 15.6. The molecule has 128 valence electrons. The number of aliphatic imine (C=N–C) groups is 1. The largest absolute Gasteiger partial charge is 0.357 e. The van der Waals surface area contributed by atoms with Crippen molar-refractivity contribution in [2.24, 2.45) is 4.99 Å². The Morgan fingerprint density at radius 3 is 2.67 bits per heavy atom. The van der Waals surface area contributed by atoms with Crippen LogP contribution in [0.4, 0.5) is 0 Å². The van der Waals surface area contributed by atoms with E-state index < -0.39 is 0 Å². The molecule has 1 atom stereocenters. The monoisotopic (exact) mass is 362 g/mol. The van der Waals surface area contributed by atoms with Gasteiger partial charge in [0.1, 0.15) is 5.15 Å². The van der Waals surface area contributed by atoms with E-state index in [0.29, 0.717) is 16.9 Å². The van der Waals surface area contributed by atoms with E-state index in [2.05, 4.69) is 58.7 Å². The molecule has 2 N–H and O–H groups in total. The molecule has 4 nitrogen and oxygen atoms in total. The van der Waals surface area contributed by atoms with Gasteiger partial charge >= 0.3 is 0 Å². The van der Waals surface area contributed by atoms with Crippen LogP contribution in [0.15, 0.2) is 58.5 Å². The average molecular weight is 363 g/mol. The highest BCUT2D eigenvalue weighted by molar-refractivity contribution is 8.00. The fourth-order valence-electron chi connectivity index (χ4n) is 2.03. The SMILES string of the molecule is CCNC(=NCc1ccc(Cl)nc1)NCC(C)Sc1ccccc1. The van der Waals surface area contributed by atoms with Crippen molar-refractivity contribution in [1.82, 2.24) is 15.6 Å². The number of rotatable bonds is 7. The van der Waals surface area contributed by atoms with Gasteiger partial charge in [0.15, 0.2) is 5.96 Å². The predicted octanol–water partition coefficient (Wildman–Crippen LogP) is 3.97. The van der Waals surface area contributed by atoms with Crippen LogP contribution in [0.3, 0.4) is 0 Å². The first-order chi connectivity index (χ1) is 11.7. The van der Waals surface area contributed by atoms with Crippen molar-refractivity contribution < 1.29 is 0 Å². The summed E-state index contributed by atoms with van der Waals surface area (Å²) in [5.74, 6) is 0.813. The maximum atomic E-state index is 5.80. The molecular formula is C18H23ClN4S. The first kappa shape index (κ1) is 18.6. The Morgan fingerprint density at radius 1 is 1.21 bits per heavy atom. The Hall–Kier alpha value is -1.72. The van der Waals surface area contributed by atoms with Crippen molar-refractivity contribution in [2.45, 2.75) is 30.5 Å². The summed E-state index contributed by atoms with van der Waals surface area (Å²) in [5.41, 5.74) is 1.03. The second kappa shape index (κ2) is 10.2. The van der Waals surface area contributed by atoms with E-state index in [0.717, 1.165) is 24.6 Å². The van der Waals surface area contributed by atoms with Crippen LogP contribution in [0.25, 0.3) is 0 Å². The van der Waals surface area contributed by atoms with E-state index >= 15 is 0 Å². The number of halogens is 1. The van der Waals surface area contributed by atoms with E-state index in [1.165, 1.54) is 4.90 Å². The van der Waals surface area contributed by atoms with Gasteiger partial charge in [-0.25, -0.2) is 9.98 Å². The first-order valence-electron chi connectivity index (χ1n) is 8.01. The Morgan fingerprint density at radius 2 is 2.00 bits per heavy atom. The van der Waals surface area contributed by atoms with Crippen LogP contribution in [-0.4, -0.2) is 29.3 Å². The van der Waals surface area contributed by atoms with Gasteiger partial charge in [0, 0.05) is 29.4 Å². The van der Waals surface area contributed by atoms with Gasteiger partial charge in [0.2, 0.25) is 0 Å². The Balaban J connectivity index is 1.85. The molecule has 0 aliphatic heterocycles. The molecule has 0 saturated carbocycles. The molecule has 2 aromatic rings. The second-order valence-corrected chi connectivity index (χ2v) is 7.21. The van der Waals surface area contributed by atoms with Gasteiger partial charge in [-0.2, -0.15) is 0 Å². The van der Waals surface area contributed by atoms with E-state index in [4.69, 9.17) is 11.6 Å². The smallest absolute Gasteiger partial charge is 0.191 e. The molecule has 0 amide bonds. The van der Waals surface area contributed by atoms with Gasteiger partial charge in [-0.05, 0) is 30.7 Å². The van der Waals surface area contributed by atoms with Crippen LogP contribution < -0.4 is 10.6 Å². The van der Waals surface area contributed by atoms with Gasteiger partial charge in [-0.15, -0.1) is 11.8 Å². The van der Waals surface area contributed by atoms with Gasteiger partial charge in [-0.3, -0.25) is 0 Å². The lowest BCUT2D eigenvalue weighted by molar-refractivity contribution is 0.794. The van der Waals surface area contributed by atoms with Crippen molar-refractivity contribution >= 4 is 29.3 Å². The van der Waals surface area contributed by atoms with E-state index in [-0.39, 0.29) is 0 Å². The molecule has 0 fully saturated rings. The van der Waals surface area contributed by atoms with Gasteiger partial charge in [0.25, 0.3) is 0 Å². The summed E-state index contributed by atoms with van der Waals surface area (Å²) >= 11 is 7.65. The number of thioether (sulfide) groups is 1. The molecule has 0 spiro atoms. The lowest BCUT2D eigenvalue weighted by Gasteiger charge is -2.15. The number of pyridine rings is 1. The first-order valence-corrected chi connectivity index (χ1v) is 9.27. The molecule has 0 radical (unpaired) electrons. The summed E-state index contributed by atoms with van der Waals surface area (Å²) in [4.78, 5) is 9.95. The third-order valence-electron chi connectivity index (χ3n) is 3.19. The topological polar surface area (TPSA) is 49.3 Å². The zero-order chi connectivity index (χ0) is 17.2. The number of nitrogens with zero attached hydrogens (tertiary/aromatic N) is 2. The number of aromatic nitrogens is 1. The molecule has 1 aromatic heterocycles. The quantitative estimate of drug-likeness (QED) is 0.338. The molecule has 1 aromatic carbocycles. The Labute approximate surface area is 153 Å². The van der Waals surface area contributed by atoms with Crippen LogP contribution in [-0.2, 0) is 6.54 Å². The van der Waals surface area contributed by atoms with Crippen LogP contribution >= 0.6 is 23.4 Å². The molecule has 0 saturated heterocycles. The van der Waals surface area contributed by atoms with E-state index in [1.54, 1.807) is 12.3 Å². The average Bonchev–Trinajstić information content (AvgIpc) is 2.59. The molecule has 24 heavy (non-hydrogen) atoms. The minimum Gasteiger partial charge on any atom is -0.357 e. The summed E-state index contributed by atoms with van der Waals surface area (Å²) < 4.78 is 0. The van der Waals surface area contributed by atoms with E-state index in [1.807, 2.05) is 23.9 Å². The van der Waals surface area contributed by atoms with Crippen molar-refractivity contribution in [1.29, 1.82) is 0 Å². The minimum absolute atomic E-state index is 0.438. The van der Waals surface area contributed by atoms with E-state index in [9.17, 15) is 0 Å². The predicted molar refractivity (Wildman–Crippen MR) is 104 cm³/mol. The summed E-state index contributed by atoms with van der Waals surface area (Å²) in [6.07, 6.45) is 1.75. The maximum Gasteiger partial charge on any atom is 0.191 e. The van der Waals surface area contributed by atoms with Crippen LogP contribution in [0.5, 0.6) is 0 Å². The summed E-state index contributed by atoms with van der Waals surface area (Å²) in [5, 5.41) is 7.60. The maximum absolute atomic E-state index is 5.80. The Kier molecular flexibility index (Phi) is 7.92. The second-order valence-electron chi connectivity index (χ2n) is 5.31. The highest BCUT2D eigenvalue weighted by Crippen LogP contribution is 2.21. The van der Waals surface area contributed by atoms with Crippen molar-refractivity contribution in [3.8, 4) is 0 Å².